The average molecular weight is 264 g/mol. The molecule has 0 aromatic heterocycles. The van der Waals surface area contributed by atoms with Crippen LogP contribution in [-0.2, 0) is 0 Å². The molecule has 0 aromatic carbocycles. The second kappa shape index (κ2) is 7.14. The van der Waals surface area contributed by atoms with E-state index in [9.17, 15) is 0 Å². The fourth-order valence-corrected chi connectivity index (χ4v) is 5.14. The first-order chi connectivity index (χ1) is 9.22. The van der Waals surface area contributed by atoms with E-state index in [4.69, 9.17) is 0 Å². The van der Waals surface area contributed by atoms with Gasteiger partial charge in [-0.2, -0.15) is 0 Å². The van der Waals surface area contributed by atoms with Gasteiger partial charge in [-0.1, -0.05) is 78.1 Å². The molecule has 2 aliphatic carbocycles. The summed E-state index contributed by atoms with van der Waals surface area (Å²) in [5.74, 6) is 0. The van der Waals surface area contributed by atoms with E-state index in [0.717, 1.165) is 5.41 Å². The molecule has 0 N–H and O–H groups in total. The summed E-state index contributed by atoms with van der Waals surface area (Å²) < 4.78 is 0. The molecule has 19 heavy (non-hydrogen) atoms. The van der Waals surface area contributed by atoms with Crippen LogP contribution in [0, 0.1) is 10.8 Å². The molecule has 2 fully saturated rings. The van der Waals surface area contributed by atoms with Crippen LogP contribution in [0.15, 0.2) is 0 Å². The van der Waals surface area contributed by atoms with E-state index >= 15 is 0 Å². The Morgan fingerprint density at radius 3 is 1.84 bits per heavy atom. The van der Waals surface area contributed by atoms with E-state index in [2.05, 4.69) is 13.8 Å². The Morgan fingerprint density at radius 2 is 1.26 bits per heavy atom. The first-order valence-electron chi connectivity index (χ1n) is 9.22. The minimum absolute atomic E-state index is 0.692. The fraction of sp³-hybridized carbons (Fsp3) is 1.00. The first-order valence-corrected chi connectivity index (χ1v) is 9.22. The lowest BCUT2D eigenvalue weighted by molar-refractivity contribution is -0.0289. The van der Waals surface area contributed by atoms with E-state index in [0.29, 0.717) is 5.41 Å². The third-order valence-electron chi connectivity index (χ3n) is 6.56. The molecule has 0 saturated heterocycles. The van der Waals surface area contributed by atoms with Gasteiger partial charge in [0.2, 0.25) is 0 Å². The quantitative estimate of drug-likeness (QED) is 0.459. The fourth-order valence-electron chi connectivity index (χ4n) is 5.14. The van der Waals surface area contributed by atoms with Crippen molar-refractivity contribution < 1.29 is 0 Å². The van der Waals surface area contributed by atoms with Crippen LogP contribution in [0.5, 0.6) is 0 Å². The highest BCUT2D eigenvalue weighted by Crippen LogP contribution is 2.58. The highest BCUT2D eigenvalue weighted by molar-refractivity contribution is 4.98. The maximum Gasteiger partial charge on any atom is -0.0244 e. The summed E-state index contributed by atoms with van der Waals surface area (Å²) in [4.78, 5) is 0. The number of hydrogen-bond acceptors (Lipinski definition) is 0. The minimum atomic E-state index is 0.692. The summed E-state index contributed by atoms with van der Waals surface area (Å²) in [6.07, 6.45) is 22.6. The molecule has 0 amide bonds. The van der Waals surface area contributed by atoms with E-state index < -0.39 is 0 Å². The molecule has 0 atom stereocenters. The van der Waals surface area contributed by atoms with Crippen molar-refractivity contribution in [3.8, 4) is 0 Å². The Hall–Kier alpha value is 0. The molecule has 0 unspecified atom stereocenters. The molecule has 0 nitrogen and oxygen atoms in total. The van der Waals surface area contributed by atoms with Crippen LogP contribution in [-0.4, -0.2) is 0 Å². The van der Waals surface area contributed by atoms with Gasteiger partial charge in [0.1, 0.15) is 0 Å². The topological polar surface area (TPSA) is 0 Å². The highest BCUT2D eigenvalue weighted by atomic mass is 14.5. The Kier molecular flexibility index (Phi) is 5.78. The zero-order chi connectivity index (χ0) is 13.6. The molecule has 2 aliphatic rings. The number of hydrogen-bond donors (Lipinski definition) is 0. The SMILES string of the molecule is CCCCCCC1(C2(C)CCCCC2)CCCCC1. The van der Waals surface area contributed by atoms with Gasteiger partial charge in [0.25, 0.3) is 0 Å². The first kappa shape index (κ1) is 15.4. The van der Waals surface area contributed by atoms with Crippen molar-refractivity contribution in [1.29, 1.82) is 0 Å². The molecule has 0 radical (unpaired) electrons. The predicted octanol–water partition coefficient (Wildman–Crippen LogP) is 6.88. The van der Waals surface area contributed by atoms with Crippen LogP contribution in [0.1, 0.15) is 110 Å². The smallest absolute Gasteiger partial charge is 0.0244 e. The van der Waals surface area contributed by atoms with Gasteiger partial charge in [0, 0.05) is 0 Å². The third-order valence-corrected chi connectivity index (χ3v) is 6.56. The zero-order valence-electron chi connectivity index (χ0n) is 13.6. The predicted molar refractivity (Wildman–Crippen MR) is 85.5 cm³/mol. The Morgan fingerprint density at radius 1 is 0.684 bits per heavy atom. The Balaban J connectivity index is 2.00. The molecule has 0 bridgehead atoms. The maximum absolute atomic E-state index is 2.66. The Labute approximate surface area is 121 Å². The molecule has 0 aromatic rings. The van der Waals surface area contributed by atoms with Gasteiger partial charge in [-0.3, -0.25) is 0 Å². The Bertz CT molecular complexity index is 241. The average Bonchev–Trinajstić information content (AvgIpc) is 2.45. The van der Waals surface area contributed by atoms with Crippen LogP contribution in [0.3, 0.4) is 0 Å². The lowest BCUT2D eigenvalue weighted by Gasteiger charge is -2.54. The van der Waals surface area contributed by atoms with Gasteiger partial charge in [-0.25, -0.2) is 0 Å². The van der Waals surface area contributed by atoms with Crippen LogP contribution in [0.25, 0.3) is 0 Å². The van der Waals surface area contributed by atoms with Crippen molar-refractivity contribution in [2.45, 2.75) is 110 Å². The minimum Gasteiger partial charge on any atom is -0.0654 e. The van der Waals surface area contributed by atoms with Crippen molar-refractivity contribution >= 4 is 0 Å². The van der Waals surface area contributed by atoms with Gasteiger partial charge >= 0.3 is 0 Å². The van der Waals surface area contributed by atoms with Crippen molar-refractivity contribution in [1.82, 2.24) is 0 Å². The molecule has 0 aliphatic heterocycles. The number of unbranched alkanes of at least 4 members (excludes halogenated alkanes) is 3. The summed E-state index contributed by atoms with van der Waals surface area (Å²) in [6.45, 7) is 5.00. The zero-order valence-corrected chi connectivity index (χ0v) is 13.6. The molecular weight excluding hydrogens is 228 g/mol. The normalized spacial score (nSPS) is 26.2. The summed E-state index contributed by atoms with van der Waals surface area (Å²) in [6, 6.07) is 0. The molecule has 2 rings (SSSR count). The standard InChI is InChI=1S/C19H36/c1-3-4-5-10-15-19(16-11-7-12-17-19)18(2)13-8-6-9-14-18/h3-17H2,1-2H3. The van der Waals surface area contributed by atoms with E-state index in [1.807, 2.05) is 0 Å². The van der Waals surface area contributed by atoms with Gasteiger partial charge in [0.05, 0.1) is 0 Å². The molecule has 0 spiro atoms. The van der Waals surface area contributed by atoms with Crippen LogP contribution < -0.4 is 0 Å². The lowest BCUT2D eigenvalue weighted by Crippen LogP contribution is -2.43. The van der Waals surface area contributed by atoms with Gasteiger partial charge < -0.3 is 0 Å². The van der Waals surface area contributed by atoms with E-state index in [1.54, 1.807) is 19.3 Å². The summed E-state index contributed by atoms with van der Waals surface area (Å²) in [5.41, 5.74) is 1.43. The molecule has 0 heterocycles. The van der Waals surface area contributed by atoms with Crippen molar-refractivity contribution in [3.63, 3.8) is 0 Å². The van der Waals surface area contributed by atoms with E-state index in [1.165, 1.54) is 77.0 Å². The van der Waals surface area contributed by atoms with Gasteiger partial charge in [-0.05, 0) is 42.9 Å². The summed E-state index contributed by atoms with van der Waals surface area (Å²) in [7, 11) is 0. The van der Waals surface area contributed by atoms with Crippen molar-refractivity contribution in [3.05, 3.63) is 0 Å². The lowest BCUT2D eigenvalue weighted by atomic mass is 9.51. The second-order valence-electron chi connectivity index (χ2n) is 7.77. The van der Waals surface area contributed by atoms with Crippen LogP contribution >= 0.6 is 0 Å². The monoisotopic (exact) mass is 264 g/mol. The van der Waals surface area contributed by atoms with Crippen molar-refractivity contribution in [2.75, 3.05) is 0 Å². The summed E-state index contributed by atoms with van der Waals surface area (Å²) in [5, 5.41) is 0. The molecule has 2 saturated carbocycles. The van der Waals surface area contributed by atoms with E-state index in [-0.39, 0.29) is 0 Å². The van der Waals surface area contributed by atoms with Crippen molar-refractivity contribution in [2.24, 2.45) is 10.8 Å². The largest absolute Gasteiger partial charge is 0.0654 e. The molecule has 112 valence electrons. The van der Waals surface area contributed by atoms with Gasteiger partial charge in [-0.15, -0.1) is 0 Å². The molecular formula is C19H36. The van der Waals surface area contributed by atoms with Crippen LogP contribution in [0.2, 0.25) is 0 Å². The van der Waals surface area contributed by atoms with Crippen LogP contribution in [0.4, 0.5) is 0 Å². The number of rotatable bonds is 6. The maximum atomic E-state index is 2.66. The highest BCUT2D eigenvalue weighted by Gasteiger charge is 2.47. The molecule has 0 heteroatoms. The second-order valence-corrected chi connectivity index (χ2v) is 7.77. The third kappa shape index (κ3) is 3.56. The summed E-state index contributed by atoms with van der Waals surface area (Å²) >= 11 is 0. The van der Waals surface area contributed by atoms with Gasteiger partial charge in [0.15, 0.2) is 0 Å².